The highest BCUT2D eigenvalue weighted by atomic mass is 16.5. The third kappa shape index (κ3) is 3.46. The van der Waals surface area contributed by atoms with Gasteiger partial charge in [0.2, 0.25) is 0 Å². The van der Waals surface area contributed by atoms with Crippen molar-refractivity contribution in [1.29, 1.82) is 0 Å². The second-order valence-corrected chi connectivity index (χ2v) is 5.99. The van der Waals surface area contributed by atoms with Crippen molar-refractivity contribution < 1.29 is 9.47 Å². The smallest absolute Gasteiger partial charge is 0.0692 e. The van der Waals surface area contributed by atoms with Crippen molar-refractivity contribution in [2.24, 2.45) is 5.92 Å². The molecule has 0 aromatic heterocycles. The van der Waals surface area contributed by atoms with Gasteiger partial charge in [0, 0.05) is 25.8 Å². The van der Waals surface area contributed by atoms with E-state index in [9.17, 15) is 0 Å². The first-order chi connectivity index (χ1) is 8.73. The molecule has 3 nitrogen and oxygen atoms in total. The van der Waals surface area contributed by atoms with E-state index in [1.807, 2.05) is 7.11 Å². The Labute approximate surface area is 112 Å². The Kier molecular flexibility index (Phi) is 5.05. The third-order valence-electron chi connectivity index (χ3n) is 4.77. The Morgan fingerprint density at radius 3 is 2.56 bits per heavy atom. The number of hydrogen-bond acceptors (Lipinski definition) is 3. The molecule has 0 amide bonds. The maximum atomic E-state index is 6.04. The molecule has 0 aromatic carbocycles. The van der Waals surface area contributed by atoms with Crippen molar-refractivity contribution in [1.82, 2.24) is 5.32 Å². The fourth-order valence-electron chi connectivity index (χ4n) is 3.21. The molecule has 2 rings (SSSR count). The fourth-order valence-corrected chi connectivity index (χ4v) is 3.21. The molecule has 1 aliphatic carbocycles. The summed E-state index contributed by atoms with van der Waals surface area (Å²) in [4.78, 5) is 0. The van der Waals surface area contributed by atoms with Crippen LogP contribution in [0.15, 0.2) is 0 Å². The Morgan fingerprint density at radius 2 is 2.00 bits per heavy atom. The van der Waals surface area contributed by atoms with Gasteiger partial charge in [0.15, 0.2) is 0 Å². The Morgan fingerprint density at radius 1 is 1.28 bits per heavy atom. The maximum Gasteiger partial charge on any atom is 0.0692 e. The lowest BCUT2D eigenvalue weighted by Gasteiger charge is -2.41. The second kappa shape index (κ2) is 6.36. The van der Waals surface area contributed by atoms with Gasteiger partial charge in [-0.3, -0.25) is 0 Å². The molecular formula is C15H29NO2. The maximum absolute atomic E-state index is 6.04. The minimum Gasteiger partial charge on any atom is -0.383 e. The summed E-state index contributed by atoms with van der Waals surface area (Å²) in [6.07, 6.45) is 7.30. The molecule has 2 atom stereocenters. The fraction of sp³-hybridized carbons (Fsp3) is 1.00. The standard InChI is InChI=1S/C15H29NO2/c1-4-15(5-2)10-13(8-9-18-15)16-14(11-17-3)12-6-7-12/h12-14,16H,4-11H2,1-3H3. The summed E-state index contributed by atoms with van der Waals surface area (Å²) in [5.41, 5.74) is 0.122. The number of rotatable bonds is 7. The van der Waals surface area contributed by atoms with Crippen LogP contribution in [0.1, 0.15) is 52.4 Å². The lowest BCUT2D eigenvalue weighted by Crippen LogP contribution is -2.50. The van der Waals surface area contributed by atoms with Crippen LogP contribution in [0.3, 0.4) is 0 Å². The highest BCUT2D eigenvalue weighted by Gasteiger charge is 2.38. The summed E-state index contributed by atoms with van der Waals surface area (Å²) in [7, 11) is 1.81. The average Bonchev–Trinajstić information content (AvgIpc) is 3.23. The van der Waals surface area contributed by atoms with Crippen LogP contribution in [0.2, 0.25) is 0 Å². The van der Waals surface area contributed by atoms with Gasteiger partial charge in [0.25, 0.3) is 0 Å². The lowest BCUT2D eigenvalue weighted by molar-refractivity contribution is -0.0950. The molecule has 1 saturated carbocycles. The van der Waals surface area contributed by atoms with Gasteiger partial charge < -0.3 is 14.8 Å². The third-order valence-corrected chi connectivity index (χ3v) is 4.77. The van der Waals surface area contributed by atoms with Crippen LogP contribution >= 0.6 is 0 Å². The van der Waals surface area contributed by atoms with Crippen LogP contribution in [0.25, 0.3) is 0 Å². The first-order valence-corrected chi connectivity index (χ1v) is 7.62. The van der Waals surface area contributed by atoms with Gasteiger partial charge in [0.1, 0.15) is 0 Å². The molecule has 0 radical (unpaired) electrons. The topological polar surface area (TPSA) is 30.5 Å². The van der Waals surface area contributed by atoms with Gasteiger partial charge >= 0.3 is 0 Å². The normalized spacial score (nSPS) is 29.2. The van der Waals surface area contributed by atoms with Crippen LogP contribution in [0, 0.1) is 5.92 Å². The van der Waals surface area contributed by atoms with Gasteiger partial charge in [-0.15, -0.1) is 0 Å². The minimum absolute atomic E-state index is 0.122. The van der Waals surface area contributed by atoms with Gasteiger partial charge in [-0.1, -0.05) is 13.8 Å². The van der Waals surface area contributed by atoms with Crippen LogP contribution in [-0.4, -0.2) is 38.0 Å². The number of nitrogens with one attached hydrogen (secondary N) is 1. The molecule has 2 unspecified atom stereocenters. The van der Waals surface area contributed by atoms with Crippen molar-refractivity contribution in [3.8, 4) is 0 Å². The van der Waals surface area contributed by atoms with E-state index in [-0.39, 0.29) is 5.60 Å². The molecular weight excluding hydrogens is 226 g/mol. The molecule has 0 aromatic rings. The number of ether oxygens (including phenoxy) is 2. The van der Waals surface area contributed by atoms with Crippen LogP contribution < -0.4 is 5.32 Å². The van der Waals surface area contributed by atoms with E-state index in [2.05, 4.69) is 19.2 Å². The zero-order valence-electron chi connectivity index (χ0n) is 12.2. The first kappa shape index (κ1) is 14.3. The van der Waals surface area contributed by atoms with E-state index in [0.29, 0.717) is 12.1 Å². The molecule has 1 saturated heterocycles. The highest BCUT2D eigenvalue weighted by Crippen LogP contribution is 2.35. The number of hydrogen-bond donors (Lipinski definition) is 1. The SMILES string of the molecule is CCC1(CC)CC(NC(COC)C2CC2)CCO1. The summed E-state index contributed by atoms with van der Waals surface area (Å²) >= 11 is 0. The van der Waals surface area contributed by atoms with E-state index < -0.39 is 0 Å². The largest absolute Gasteiger partial charge is 0.383 e. The van der Waals surface area contributed by atoms with Crippen molar-refractivity contribution >= 4 is 0 Å². The van der Waals surface area contributed by atoms with Crippen LogP contribution in [-0.2, 0) is 9.47 Å². The van der Waals surface area contributed by atoms with Crippen LogP contribution in [0.4, 0.5) is 0 Å². The average molecular weight is 255 g/mol. The van der Waals surface area contributed by atoms with E-state index in [1.54, 1.807) is 0 Å². The predicted octanol–water partition coefficient (Wildman–Crippen LogP) is 2.74. The van der Waals surface area contributed by atoms with Gasteiger partial charge in [-0.05, 0) is 44.4 Å². The Balaban J connectivity index is 1.87. The Bertz CT molecular complexity index is 249. The monoisotopic (exact) mass is 255 g/mol. The summed E-state index contributed by atoms with van der Waals surface area (Å²) in [5.74, 6) is 0.852. The highest BCUT2D eigenvalue weighted by molar-refractivity contribution is 4.93. The molecule has 106 valence electrons. The molecule has 2 fully saturated rings. The van der Waals surface area contributed by atoms with Crippen molar-refractivity contribution in [3.63, 3.8) is 0 Å². The quantitative estimate of drug-likeness (QED) is 0.759. The molecule has 0 bridgehead atoms. The zero-order chi connectivity index (χ0) is 13.0. The second-order valence-electron chi connectivity index (χ2n) is 5.99. The van der Waals surface area contributed by atoms with Crippen molar-refractivity contribution in [2.75, 3.05) is 20.3 Å². The molecule has 2 aliphatic rings. The molecule has 0 spiro atoms. The van der Waals surface area contributed by atoms with Crippen molar-refractivity contribution in [3.05, 3.63) is 0 Å². The molecule has 18 heavy (non-hydrogen) atoms. The predicted molar refractivity (Wildman–Crippen MR) is 73.8 cm³/mol. The summed E-state index contributed by atoms with van der Waals surface area (Å²) in [6.45, 7) is 6.26. The van der Waals surface area contributed by atoms with E-state index >= 15 is 0 Å². The molecule has 1 aliphatic heterocycles. The summed E-state index contributed by atoms with van der Waals surface area (Å²) in [6, 6.07) is 1.17. The summed E-state index contributed by atoms with van der Waals surface area (Å²) < 4.78 is 11.4. The summed E-state index contributed by atoms with van der Waals surface area (Å²) in [5, 5.41) is 3.84. The molecule has 3 heteroatoms. The van der Waals surface area contributed by atoms with Gasteiger partial charge in [-0.2, -0.15) is 0 Å². The zero-order valence-corrected chi connectivity index (χ0v) is 12.2. The van der Waals surface area contributed by atoms with Gasteiger partial charge in [-0.25, -0.2) is 0 Å². The minimum atomic E-state index is 0.122. The van der Waals surface area contributed by atoms with E-state index in [0.717, 1.165) is 44.8 Å². The number of methoxy groups -OCH3 is 1. The van der Waals surface area contributed by atoms with Crippen molar-refractivity contribution in [2.45, 2.75) is 70.1 Å². The molecule has 1 heterocycles. The molecule has 1 N–H and O–H groups in total. The lowest BCUT2D eigenvalue weighted by atomic mass is 9.85. The Hall–Kier alpha value is -0.120. The van der Waals surface area contributed by atoms with Gasteiger partial charge in [0.05, 0.1) is 12.2 Å². The van der Waals surface area contributed by atoms with Crippen LogP contribution in [0.5, 0.6) is 0 Å². The van der Waals surface area contributed by atoms with E-state index in [1.165, 1.54) is 12.8 Å². The first-order valence-electron chi connectivity index (χ1n) is 7.62. The van der Waals surface area contributed by atoms with E-state index in [4.69, 9.17) is 9.47 Å².